The topological polar surface area (TPSA) is 17.1 Å². The fourth-order valence-corrected chi connectivity index (χ4v) is 2.22. The highest BCUT2D eigenvalue weighted by Crippen LogP contribution is 2.44. The maximum atomic E-state index is 13.5. The van der Waals surface area contributed by atoms with E-state index in [9.17, 15) is 18.0 Å². The number of alkyl halides is 3. The van der Waals surface area contributed by atoms with Crippen molar-refractivity contribution in [2.75, 3.05) is 0 Å². The summed E-state index contributed by atoms with van der Waals surface area (Å²) in [5.41, 5.74) is -1.80. The summed E-state index contributed by atoms with van der Waals surface area (Å²) in [6, 6.07) is 15.6. The van der Waals surface area contributed by atoms with Gasteiger partial charge in [-0.2, -0.15) is 13.2 Å². The summed E-state index contributed by atoms with van der Waals surface area (Å²) in [4.78, 5) is 12.2. The van der Waals surface area contributed by atoms with Crippen molar-refractivity contribution in [2.24, 2.45) is 0 Å². The van der Waals surface area contributed by atoms with Gasteiger partial charge in [0.15, 0.2) is 5.78 Å². The van der Waals surface area contributed by atoms with Crippen LogP contribution in [0.2, 0.25) is 0 Å². The van der Waals surface area contributed by atoms with E-state index in [0.717, 1.165) is 6.92 Å². The minimum absolute atomic E-state index is 0.0989. The average Bonchev–Trinajstić information content (AvgIpc) is 2.47. The van der Waals surface area contributed by atoms with Crippen LogP contribution in [0.1, 0.15) is 29.3 Å². The Kier molecular flexibility index (Phi) is 4.16. The SMILES string of the molecule is CC(CC(=O)c1ccccc1)(c1ccccc1)C(F)(F)F. The molecule has 0 aliphatic carbocycles. The Morgan fingerprint density at radius 2 is 1.38 bits per heavy atom. The molecule has 0 saturated carbocycles. The summed E-state index contributed by atoms with van der Waals surface area (Å²) < 4.78 is 40.5. The van der Waals surface area contributed by atoms with Gasteiger partial charge in [-0.25, -0.2) is 0 Å². The van der Waals surface area contributed by atoms with Gasteiger partial charge in [-0.1, -0.05) is 60.7 Å². The predicted molar refractivity (Wildman–Crippen MR) is 75.2 cm³/mol. The highest BCUT2D eigenvalue weighted by Gasteiger charge is 2.53. The molecule has 0 N–H and O–H groups in total. The molecule has 2 aromatic rings. The summed E-state index contributed by atoms with van der Waals surface area (Å²) in [5.74, 6) is -0.515. The van der Waals surface area contributed by atoms with Gasteiger partial charge < -0.3 is 0 Å². The lowest BCUT2D eigenvalue weighted by Crippen LogP contribution is -2.41. The zero-order valence-corrected chi connectivity index (χ0v) is 11.5. The van der Waals surface area contributed by atoms with E-state index in [4.69, 9.17) is 0 Å². The summed E-state index contributed by atoms with van der Waals surface area (Å²) in [5, 5.41) is 0. The first-order valence-corrected chi connectivity index (χ1v) is 6.55. The molecule has 0 spiro atoms. The molecular weight excluding hydrogens is 277 g/mol. The third-order valence-electron chi connectivity index (χ3n) is 3.65. The lowest BCUT2D eigenvalue weighted by molar-refractivity contribution is -0.184. The Balaban J connectivity index is 2.37. The van der Waals surface area contributed by atoms with E-state index in [-0.39, 0.29) is 5.56 Å². The van der Waals surface area contributed by atoms with E-state index >= 15 is 0 Å². The van der Waals surface area contributed by atoms with Gasteiger partial charge in [0.25, 0.3) is 0 Å². The van der Waals surface area contributed by atoms with E-state index in [1.807, 2.05) is 0 Å². The molecule has 4 heteroatoms. The van der Waals surface area contributed by atoms with Crippen molar-refractivity contribution in [2.45, 2.75) is 24.9 Å². The van der Waals surface area contributed by atoms with Gasteiger partial charge >= 0.3 is 6.18 Å². The van der Waals surface area contributed by atoms with Crippen LogP contribution in [0.3, 0.4) is 0 Å². The van der Waals surface area contributed by atoms with Crippen LogP contribution in [0.15, 0.2) is 60.7 Å². The number of Topliss-reactive ketones (excluding diaryl/α,β-unsaturated/α-hetero) is 1. The Hall–Kier alpha value is -2.10. The quantitative estimate of drug-likeness (QED) is 0.741. The first kappa shape index (κ1) is 15.3. The number of hydrogen-bond donors (Lipinski definition) is 0. The first-order valence-electron chi connectivity index (χ1n) is 6.55. The summed E-state index contributed by atoms with van der Waals surface area (Å²) >= 11 is 0. The highest BCUT2D eigenvalue weighted by molar-refractivity contribution is 5.97. The first-order chi connectivity index (χ1) is 9.84. The van der Waals surface area contributed by atoms with Crippen LogP contribution in [0.5, 0.6) is 0 Å². The molecule has 0 aromatic heterocycles. The third kappa shape index (κ3) is 3.15. The number of carbonyl (C=O) groups is 1. The summed E-state index contributed by atoms with van der Waals surface area (Å²) in [6.07, 6.45) is -5.11. The van der Waals surface area contributed by atoms with E-state index in [2.05, 4.69) is 0 Å². The fraction of sp³-hybridized carbons (Fsp3) is 0.235. The Morgan fingerprint density at radius 3 is 1.86 bits per heavy atom. The molecule has 0 aliphatic heterocycles. The van der Waals surface area contributed by atoms with Crippen LogP contribution in [0.25, 0.3) is 0 Å². The molecule has 0 bridgehead atoms. The van der Waals surface area contributed by atoms with Crippen molar-refractivity contribution in [1.82, 2.24) is 0 Å². The molecule has 0 amide bonds. The van der Waals surface area contributed by atoms with Crippen LogP contribution in [0.4, 0.5) is 13.2 Å². The number of ketones is 1. The minimum atomic E-state index is -4.50. The molecule has 1 unspecified atom stereocenters. The third-order valence-corrected chi connectivity index (χ3v) is 3.65. The molecule has 0 aliphatic rings. The summed E-state index contributed by atoms with van der Waals surface area (Å²) in [7, 11) is 0. The normalized spacial score (nSPS) is 14.5. The van der Waals surface area contributed by atoms with Gasteiger partial charge in [0.1, 0.15) is 0 Å². The number of benzene rings is 2. The van der Waals surface area contributed by atoms with Crippen molar-refractivity contribution < 1.29 is 18.0 Å². The molecule has 1 nitrogen and oxygen atoms in total. The van der Waals surface area contributed by atoms with Crippen LogP contribution in [0, 0.1) is 0 Å². The second-order valence-corrected chi connectivity index (χ2v) is 5.16. The zero-order valence-electron chi connectivity index (χ0n) is 11.5. The van der Waals surface area contributed by atoms with Gasteiger partial charge in [0.2, 0.25) is 0 Å². The van der Waals surface area contributed by atoms with E-state index < -0.39 is 23.8 Å². The van der Waals surface area contributed by atoms with Crippen molar-refractivity contribution in [3.63, 3.8) is 0 Å². The van der Waals surface area contributed by atoms with Gasteiger partial charge in [-0.05, 0) is 12.5 Å². The van der Waals surface area contributed by atoms with E-state index in [1.54, 1.807) is 36.4 Å². The van der Waals surface area contributed by atoms with Gasteiger partial charge in [-0.15, -0.1) is 0 Å². The van der Waals surface area contributed by atoms with Gasteiger partial charge in [-0.3, -0.25) is 4.79 Å². The van der Waals surface area contributed by atoms with Crippen LogP contribution < -0.4 is 0 Å². The molecule has 0 radical (unpaired) electrons. The smallest absolute Gasteiger partial charge is 0.294 e. The standard InChI is InChI=1S/C17H15F3O/c1-16(17(18,19)20,14-10-6-3-7-11-14)12-15(21)13-8-4-2-5-9-13/h2-11H,12H2,1H3. The number of rotatable bonds is 4. The predicted octanol–water partition coefficient (Wildman–Crippen LogP) is 4.78. The Bertz CT molecular complexity index is 605. The molecule has 110 valence electrons. The lowest BCUT2D eigenvalue weighted by Gasteiger charge is -2.32. The molecule has 0 fully saturated rings. The second kappa shape index (κ2) is 5.72. The van der Waals surface area contributed by atoms with Crippen LogP contribution in [-0.4, -0.2) is 12.0 Å². The number of carbonyl (C=O) groups excluding carboxylic acids is 1. The summed E-state index contributed by atoms with van der Waals surface area (Å²) in [6.45, 7) is 1.07. The molecule has 0 heterocycles. The fourth-order valence-electron chi connectivity index (χ4n) is 2.22. The van der Waals surface area contributed by atoms with Crippen LogP contribution in [-0.2, 0) is 5.41 Å². The lowest BCUT2D eigenvalue weighted by atomic mass is 9.76. The molecule has 21 heavy (non-hydrogen) atoms. The maximum absolute atomic E-state index is 13.5. The zero-order chi connectivity index (χ0) is 15.5. The van der Waals surface area contributed by atoms with E-state index in [0.29, 0.717) is 5.56 Å². The van der Waals surface area contributed by atoms with Crippen LogP contribution >= 0.6 is 0 Å². The van der Waals surface area contributed by atoms with Crippen molar-refractivity contribution in [1.29, 1.82) is 0 Å². The van der Waals surface area contributed by atoms with Crippen molar-refractivity contribution >= 4 is 5.78 Å². The minimum Gasteiger partial charge on any atom is -0.294 e. The molecule has 0 saturated heterocycles. The monoisotopic (exact) mass is 292 g/mol. The van der Waals surface area contributed by atoms with Crippen molar-refractivity contribution in [3.8, 4) is 0 Å². The van der Waals surface area contributed by atoms with E-state index in [1.165, 1.54) is 24.3 Å². The maximum Gasteiger partial charge on any atom is 0.398 e. The molecule has 1 atom stereocenters. The number of hydrogen-bond acceptors (Lipinski definition) is 1. The van der Waals surface area contributed by atoms with Gasteiger partial charge in [0, 0.05) is 12.0 Å². The average molecular weight is 292 g/mol. The molecule has 2 aromatic carbocycles. The second-order valence-electron chi connectivity index (χ2n) is 5.16. The largest absolute Gasteiger partial charge is 0.398 e. The Morgan fingerprint density at radius 1 is 0.905 bits per heavy atom. The van der Waals surface area contributed by atoms with Crippen molar-refractivity contribution in [3.05, 3.63) is 71.8 Å². The highest BCUT2D eigenvalue weighted by atomic mass is 19.4. The number of halogens is 3. The molecular formula is C17H15F3O. The van der Waals surface area contributed by atoms with Gasteiger partial charge in [0.05, 0.1) is 5.41 Å². The Labute approximate surface area is 121 Å². The molecule has 2 rings (SSSR count).